The van der Waals surface area contributed by atoms with Crippen molar-refractivity contribution in [2.24, 2.45) is 0 Å². The van der Waals surface area contributed by atoms with E-state index in [1.54, 1.807) is 44.4 Å². The minimum atomic E-state index is -0.512. The normalized spacial score (nSPS) is 9.87. The number of esters is 1. The van der Waals surface area contributed by atoms with Gasteiger partial charge in [-0.25, -0.2) is 4.79 Å². The minimum absolute atomic E-state index is 0.299. The van der Waals surface area contributed by atoms with Crippen LogP contribution in [0.25, 0.3) is 0 Å². The Morgan fingerprint density at radius 3 is 2.17 bits per heavy atom. The quantitative estimate of drug-likeness (QED) is 0.458. The number of benzene rings is 2. The van der Waals surface area contributed by atoms with Gasteiger partial charge in [0.25, 0.3) is 0 Å². The molecule has 0 atom stereocenters. The molecule has 0 aliphatic heterocycles. The Morgan fingerprint density at radius 2 is 1.57 bits per heavy atom. The van der Waals surface area contributed by atoms with Crippen molar-refractivity contribution in [2.75, 3.05) is 14.2 Å². The molecule has 0 radical (unpaired) electrons. The molecular formula is C18H18O5. The van der Waals surface area contributed by atoms with E-state index in [2.05, 4.69) is 6.58 Å². The molecule has 2 aromatic carbocycles. The monoisotopic (exact) mass is 314 g/mol. The van der Waals surface area contributed by atoms with Crippen molar-refractivity contribution in [1.29, 1.82) is 0 Å². The summed E-state index contributed by atoms with van der Waals surface area (Å²) in [6.07, 6.45) is 0. The smallest absolute Gasteiger partial charge is 0.338 e. The Bertz CT molecular complexity index is 721. The molecule has 0 saturated heterocycles. The third-order valence-electron chi connectivity index (χ3n) is 2.98. The Morgan fingerprint density at radius 1 is 0.913 bits per heavy atom. The lowest BCUT2D eigenvalue weighted by molar-refractivity contribution is -0.130. The van der Waals surface area contributed by atoms with Crippen molar-refractivity contribution in [3.8, 4) is 28.7 Å². The van der Waals surface area contributed by atoms with Crippen LogP contribution in [0.5, 0.6) is 28.7 Å². The molecule has 0 unspecified atom stereocenters. The maximum atomic E-state index is 11.6. The number of ether oxygens (including phenoxy) is 4. The molecule has 0 aliphatic carbocycles. The van der Waals surface area contributed by atoms with Crippen LogP contribution in [-0.2, 0) is 4.79 Å². The molecule has 5 heteroatoms. The van der Waals surface area contributed by atoms with Gasteiger partial charge in [-0.15, -0.1) is 0 Å². The molecule has 0 aromatic heterocycles. The van der Waals surface area contributed by atoms with Crippen LogP contribution in [0, 0.1) is 0 Å². The van der Waals surface area contributed by atoms with Crippen LogP contribution >= 0.6 is 0 Å². The van der Waals surface area contributed by atoms with Gasteiger partial charge in [0, 0.05) is 11.6 Å². The van der Waals surface area contributed by atoms with Gasteiger partial charge in [0.15, 0.2) is 23.0 Å². The molecular weight excluding hydrogens is 296 g/mol. The third-order valence-corrected chi connectivity index (χ3v) is 2.98. The second-order valence-electron chi connectivity index (χ2n) is 4.74. The SMILES string of the molecule is C=C(C)C(=O)Oc1ccc(Oc2ccccc2OC)cc1OC. The predicted molar refractivity (Wildman–Crippen MR) is 86.5 cm³/mol. The molecule has 0 N–H and O–H groups in total. The highest BCUT2D eigenvalue weighted by molar-refractivity contribution is 5.89. The van der Waals surface area contributed by atoms with Gasteiger partial charge in [-0.05, 0) is 31.2 Å². The molecule has 2 aromatic rings. The number of carbonyl (C=O) groups is 1. The van der Waals surface area contributed by atoms with E-state index in [1.807, 2.05) is 12.1 Å². The first-order valence-corrected chi connectivity index (χ1v) is 6.91. The molecule has 0 amide bonds. The molecule has 2 rings (SSSR count). The molecule has 0 bridgehead atoms. The lowest BCUT2D eigenvalue weighted by atomic mass is 10.2. The van der Waals surface area contributed by atoms with Gasteiger partial charge in [0.2, 0.25) is 0 Å². The van der Waals surface area contributed by atoms with Crippen LogP contribution in [0.2, 0.25) is 0 Å². The zero-order valence-corrected chi connectivity index (χ0v) is 13.3. The summed E-state index contributed by atoms with van der Waals surface area (Å²) in [5.74, 6) is 1.89. The zero-order valence-electron chi connectivity index (χ0n) is 13.3. The summed E-state index contributed by atoms with van der Waals surface area (Å²) in [5, 5.41) is 0. The second kappa shape index (κ2) is 7.35. The van der Waals surface area contributed by atoms with Crippen LogP contribution in [0.3, 0.4) is 0 Å². The Balaban J connectivity index is 2.25. The van der Waals surface area contributed by atoms with Gasteiger partial charge in [-0.3, -0.25) is 0 Å². The first-order chi connectivity index (χ1) is 11.0. The molecule has 0 saturated carbocycles. The fraction of sp³-hybridized carbons (Fsp3) is 0.167. The minimum Gasteiger partial charge on any atom is -0.493 e. The van der Waals surface area contributed by atoms with Crippen molar-refractivity contribution in [3.63, 3.8) is 0 Å². The van der Waals surface area contributed by atoms with Gasteiger partial charge in [-0.1, -0.05) is 18.7 Å². The molecule has 5 nitrogen and oxygen atoms in total. The fourth-order valence-electron chi connectivity index (χ4n) is 1.81. The van der Waals surface area contributed by atoms with E-state index in [1.165, 1.54) is 7.11 Å². The number of hydrogen-bond donors (Lipinski definition) is 0. The second-order valence-corrected chi connectivity index (χ2v) is 4.74. The number of carbonyl (C=O) groups excluding carboxylic acids is 1. The van der Waals surface area contributed by atoms with Crippen LogP contribution in [0.4, 0.5) is 0 Å². The van der Waals surface area contributed by atoms with Crippen molar-refractivity contribution >= 4 is 5.97 Å². The summed E-state index contributed by atoms with van der Waals surface area (Å²) < 4.78 is 21.5. The van der Waals surface area contributed by atoms with E-state index in [-0.39, 0.29) is 0 Å². The van der Waals surface area contributed by atoms with Crippen LogP contribution in [-0.4, -0.2) is 20.2 Å². The summed E-state index contributed by atoms with van der Waals surface area (Å²) in [6.45, 7) is 5.12. The lowest BCUT2D eigenvalue weighted by Crippen LogP contribution is -2.09. The number of methoxy groups -OCH3 is 2. The third kappa shape index (κ3) is 4.03. The average Bonchev–Trinajstić information content (AvgIpc) is 2.56. The summed E-state index contributed by atoms with van der Waals surface area (Å²) in [6, 6.07) is 12.2. The van der Waals surface area contributed by atoms with E-state index in [0.717, 1.165) is 0 Å². The van der Waals surface area contributed by atoms with Crippen molar-refractivity contribution < 1.29 is 23.7 Å². The maximum Gasteiger partial charge on any atom is 0.338 e. The van der Waals surface area contributed by atoms with Gasteiger partial charge in [0.1, 0.15) is 5.75 Å². The number of rotatable bonds is 6. The summed E-state index contributed by atoms with van der Waals surface area (Å²) in [5.41, 5.74) is 0.307. The molecule has 0 aliphatic rings. The summed E-state index contributed by atoms with van der Waals surface area (Å²) >= 11 is 0. The Hall–Kier alpha value is -2.95. The molecule has 0 fully saturated rings. The zero-order chi connectivity index (χ0) is 16.8. The van der Waals surface area contributed by atoms with E-state index in [9.17, 15) is 4.79 Å². The van der Waals surface area contributed by atoms with Gasteiger partial charge in [0.05, 0.1) is 14.2 Å². The summed E-state index contributed by atoms with van der Waals surface area (Å²) in [4.78, 5) is 11.6. The maximum absolute atomic E-state index is 11.6. The largest absolute Gasteiger partial charge is 0.493 e. The molecule has 0 heterocycles. The van der Waals surface area contributed by atoms with Gasteiger partial charge >= 0.3 is 5.97 Å². The van der Waals surface area contributed by atoms with Crippen molar-refractivity contribution in [1.82, 2.24) is 0 Å². The summed E-state index contributed by atoms with van der Waals surface area (Å²) in [7, 11) is 3.06. The van der Waals surface area contributed by atoms with Crippen molar-refractivity contribution in [2.45, 2.75) is 6.92 Å². The van der Waals surface area contributed by atoms with Gasteiger partial charge < -0.3 is 18.9 Å². The highest BCUT2D eigenvalue weighted by Gasteiger charge is 2.13. The highest BCUT2D eigenvalue weighted by atomic mass is 16.6. The fourth-order valence-corrected chi connectivity index (χ4v) is 1.81. The first kappa shape index (κ1) is 16.4. The predicted octanol–water partition coefficient (Wildman–Crippen LogP) is 3.98. The Kier molecular flexibility index (Phi) is 5.25. The highest BCUT2D eigenvalue weighted by Crippen LogP contribution is 2.36. The van der Waals surface area contributed by atoms with Crippen molar-refractivity contribution in [3.05, 3.63) is 54.6 Å². The van der Waals surface area contributed by atoms with E-state index in [0.29, 0.717) is 34.3 Å². The molecule has 0 spiro atoms. The number of para-hydroxylation sites is 2. The lowest BCUT2D eigenvalue weighted by Gasteiger charge is -2.13. The van der Waals surface area contributed by atoms with E-state index >= 15 is 0 Å². The first-order valence-electron chi connectivity index (χ1n) is 6.91. The topological polar surface area (TPSA) is 54.0 Å². The van der Waals surface area contributed by atoms with Crippen LogP contribution in [0.1, 0.15) is 6.92 Å². The average molecular weight is 314 g/mol. The Labute approximate surface area is 135 Å². The molecule has 120 valence electrons. The van der Waals surface area contributed by atoms with Crippen LogP contribution < -0.4 is 18.9 Å². The van der Waals surface area contributed by atoms with E-state index < -0.39 is 5.97 Å². The standard InChI is InChI=1S/C18H18O5/c1-12(2)18(19)23-16-10-9-13(11-17(16)21-4)22-15-8-6-5-7-14(15)20-3/h5-11H,1H2,2-4H3. The molecule has 23 heavy (non-hydrogen) atoms. The number of hydrogen-bond acceptors (Lipinski definition) is 5. The van der Waals surface area contributed by atoms with E-state index in [4.69, 9.17) is 18.9 Å². The van der Waals surface area contributed by atoms with Gasteiger partial charge in [-0.2, -0.15) is 0 Å². The van der Waals surface area contributed by atoms with Crippen LogP contribution in [0.15, 0.2) is 54.6 Å².